The molecule has 4 rings (SSSR count). The van der Waals surface area contributed by atoms with E-state index in [2.05, 4.69) is 30.7 Å². The highest BCUT2D eigenvalue weighted by atomic mass is 16.3. The standard InChI is InChI=1S/C19H19N7O.C2H6/c1-2-20-16-11-14(6-9-22-16)23-19-17-13(12-27)7-10-26(17)25-18(24-19)15-5-3-4-8-21-15;1-2/h3-11,27H,2,12H2,1H3,(H2,20,22,23,24,25);1-2H3. The topological polar surface area (TPSA) is 100 Å². The van der Waals surface area contributed by atoms with Crippen molar-refractivity contribution in [2.24, 2.45) is 0 Å². The average Bonchev–Trinajstić information content (AvgIpc) is 3.20. The zero-order valence-electron chi connectivity index (χ0n) is 16.8. The van der Waals surface area contributed by atoms with Gasteiger partial charge in [0.15, 0.2) is 5.82 Å². The summed E-state index contributed by atoms with van der Waals surface area (Å²) in [7, 11) is 0. The number of aromatic nitrogens is 5. The summed E-state index contributed by atoms with van der Waals surface area (Å²) in [5, 5.41) is 20.7. The first-order valence-electron chi connectivity index (χ1n) is 9.66. The molecular formula is C21H25N7O. The number of aliphatic hydroxyl groups excluding tert-OH is 1. The minimum atomic E-state index is -0.101. The fourth-order valence-corrected chi connectivity index (χ4v) is 2.83. The van der Waals surface area contributed by atoms with Crippen LogP contribution in [0.1, 0.15) is 26.3 Å². The van der Waals surface area contributed by atoms with Crippen molar-refractivity contribution < 1.29 is 5.11 Å². The number of hydrogen-bond acceptors (Lipinski definition) is 7. The highest BCUT2D eigenvalue weighted by Gasteiger charge is 2.14. The number of rotatable bonds is 6. The zero-order valence-corrected chi connectivity index (χ0v) is 16.8. The van der Waals surface area contributed by atoms with Crippen molar-refractivity contribution in [3.8, 4) is 11.5 Å². The van der Waals surface area contributed by atoms with Gasteiger partial charge in [0.2, 0.25) is 5.82 Å². The normalized spacial score (nSPS) is 10.3. The van der Waals surface area contributed by atoms with Crippen LogP contribution in [0.3, 0.4) is 0 Å². The smallest absolute Gasteiger partial charge is 0.200 e. The van der Waals surface area contributed by atoms with Crippen molar-refractivity contribution in [1.29, 1.82) is 0 Å². The molecular weight excluding hydrogens is 366 g/mol. The van der Waals surface area contributed by atoms with Crippen LogP contribution in [0.15, 0.2) is 55.0 Å². The third-order valence-corrected chi connectivity index (χ3v) is 4.04. The Labute approximate surface area is 169 Å². The van der Waals surface area contributed by atoms with E-state index in [9.17, 15) is 5.11 Å². The Morgan fingerprint density at radius 1 is 1.07 bits per heavy atom. The van der Waals surface area contributed by atoms with Crippen molar-refractivity contribution in [3.05, 3.63) is 60.6 Å². The molecule has 0 spiro atoms. The quantitative estimate of drug-likeness (QED) is 0.458. The van der Waals surface area contributed by atoms with Crippen molar-refractivity contribution in [3.63, 3.8) is 0 Å². The van der Waals surface area contributed by atoms with Crippen molar-refractivity contribution in [2.75, 3.05) is 17.2 Å². The first kappa shape index (κ1) is 20.2. The van der Waals surface area contributed by atoms with Gasteiger partial charge in [-0.15, -0.1) is 5.10 Å². The summed E-state index contributed by atoms with van der Waals surface area (Å²) in [5.41, 5.74) is 2.97. The van der Waals surface area contributed by atoms with E-state index in [-0.39, 0.29) is 6.61 Å². The first-order chi connectivity index (χ1) is 14.3. The highest BCUT2D eigenvalue weighted by molar-refractivity contribution is 5.78. The van der Waals surface area contributed by atoms with Gasteiger partial charge in [0, 0.05) is 42.5 Å². The molecule has 4 heterocycles. The molecule has 0 fully saturated rings. The van der Waals surface area contributed by atoms with Crippen LogP contribution in [-0.4, -0.2) is 36.2 Å². The molecule has 8 nitrogen and oxygen atoms in total. The molecule has 3 N–H and O–H groups in total. The van der Waals surface area contributed by atoms with E-state index in [1.54, 1.807) is 23.1 Å². The highest BCUT2D eigenvalue weighted by Crippen LogP contribution is 2.26. The lowest BCUT2D eigenvalue weighted by atomic mass is 10.2. The molecule has 0 radical (unpaired) electrons. The van der Waals surface area contributed by atoms with Gasteiger partial charge in [0.25, 0.3) is 0 Å². The SMILES string of the molecule is CC.CCNc1cc(Nc2nc(-c3ccccn3)nn3ccc(CO)c23)ccn1. The summed E-state index contributed by atoms with van der Waals surface area (Å²) in [6.45, 7) is 6.70. The number of anilines is 3. The van der Waals surface area contributed by atoms with Gasteiger partial charge in [0.1, 0.15) is 17.0 Å². The van der Waals surface area contributed by atoms with Gasteiger partial charge in [0.05, 0.1) is 6.61 Å². The van der Waals surface area contributed by atoms with Crippen molar-refractivity contribution in [1.82, 2.24) is 24.6 Å². The predicted octanol–water partition coefficient (Wildman–Crippen LogP) is 3.88. The molecule has 0 unspecified atom stereocenters. The molecule has 0 atom stereocenters. The molecule has 29 heavy (non-hydrogen) atoms. The third-order valence-electron chi connectivity index (χ3n) is 4.04. The van der Waals surface area contributed by atoms with Crippen molar-refractivity contribution in [2.45, 2.75) is 27.4 Å². The first-order valence-corrected chi connectivity index (χ1v) is 9.66. The molecule has 0 aliphatic heterocycles. The lowest BCUT2D eigenvalue weighted by Crippen LogP contribution is -2.06. The largest absolute Gasteiger partial charge is 0.392 e. The maximum atomic E-state index is 9.69. The number of aliphatic hydroxyl groups is 1. The number of fused-ring (bicyclic) bond motifs is 1. The van der Waals surface area contributed by atoms with E-state index in [0.29, 0.717) is 17.3 Å². The van der Waals surface area contributed by atoms with E-state index >= 15 is 0 Å². The fraction of sp³-hybridized carbons (Fsp3) is 0.238. The van der Waals surface area contributed by atoms with Crippen LogP contribution in [0.5, 0.6) is 0 Å². The Morgan fingerprint density at radius 3 is 2.66 bits per heavy atom. The average molecular weight is 391 g/mol. The minimum absolute atomic E-state index is 0.101. The molecule has 0 bridgehead atoms. The Morgan fingerprint density at radius 2 is 1.93 bits per heavy atom. The van der Waals surface area contributed by atoms with Gasteiger partial charge < -0.3 is 15.7 Å². The summed E-state index contributed by atoms with van der Waals surface area (Å²) in [5.74, 6) is 1.86. The third kappa shape index (κ3) is 4.49. The molecule has 0 aromatic carbocycles. The Bertz CT molecular complexity index is 1060. The van der Waals surface area contributed by atoms with E-state index in [1.165, 1.54) is 0 Å². The molecule has 4 aromatic heterocycles. The zero-order chi connectivity index (χ0) is 20.6. The summed E-state index contributed by atoms with van der Waals surface area (Å²) < 4.78 is 1.71. The van der Waals surface area contributed by atoms with Crippen LogP contribution in [0.4, 0.5) is 17.3 Å². The Balaban J connectivity index is 0.00000117. The molecule has 0 saturated carbocycles. The number of hydrogen-bond donors (Lipinski definition) is 3. The van der Waals surface area contributed by atoms with Gasteiger partial charge in [-0.05, 0) is 31.2 Å². The van der Waals surface area contributed by atoms with E-state index in [4.69, 9.17) is 0 Å². The summed E-state index contributed by atoms with van der Waals surface area (Å²) in [4.78, 5) is 13.3. The summed E-state index contributed by atoms with van der Waals surface area (Å²) in [6, 6.07) is 11.2. The van der Waals surface area contributed by atoms with Crippen molar-refractivity contribution >= 4 is 22.8 Å². The van der Waals surface area contributed by atoms with Gasteiger partial charge >= 0.3 is 0 Å². The second-order valence-electron chi connectivity index (χ2n) is 5.88. The molecule has 0 saturated heterocycles. The van der Waals surface area contributed by atoms with E-state index in [1.807, 2.05) is 57.2 Å². The van der Waals surface area contributed by atoms with Gasteiger partial charge in [-0.1, -0.05) is 19.9 Å². The minimum Gasteiger partial charge on any atom is -0.392 e. The predicted molar refractivity (Wildman–Crippen MR) is 115 cm³/mol. The number of nitrogens with one attached hydrogen (secondary N) is 2. The lowest BCUT2D eigenvalue weighted by molar-refractivity contribution is 0.283. The lowest BCUT2D eigenvalue weighted by Gasteiger charge is -2.12. The Kier molecular flexibility index (Phi) is 6.70. The molecule has 4 aromatic rings. The second kappa shape index (κ2) is 9.61. The number of pyridine rings is 2. The van der Waals surface area contributed by atoms with E-state index < -0.39 is 0 Å². The summed E-state index contributed by atoms with van der Waals surface area (Å²) in [6.07, 6.45) is 5.23. The van der Waals surface area contributed by atoms with Crippen LogP contribution < -0.4 is 10.6 Å². The number of nitrogens with zero attached hydrogens (tertiary/aromatic N) is 5. The molecule has 0 aliphatic rings. The Hall–Kier alpha value is -3.52. The van der Waals surface area contributed by atoms with Gasteiger partial charge in [-0.2, -0.15) is 0 Å². The van der Waals surface area contributed by atoms with Crippen LogP contribution in [-0.2, 0) is 6.61 Å². The van der Waals surface area contributed by atoms with Crippen LogP contribution in [0.25, 0.3) is 17.0 Å². The maximum absolute atomic E-state index is 9.69. The summed E-state index contributed by atoms with van der Waals surface area (Å²) >= 11 is 0. The van der Waals surface area contributed by atoms with Crippen LogP contribution >= 0.6 is 0 Å². The van der Waals surface area contributed by atoms with Gasteiger partial charge in [-0.25, -0.2) is 14.5 Å². The molecule has 150 valence electrons. The fourth-order valence-electron chi connectivity index (χ4n) is 2.83. The van der Waals surface area contributed by atoms with Crippen LogP contribution in [0, 0.1) is 0 Å². The molecule has 0 aliphatic carbocycles. The monoisotopic (exact) mass is 391 g/mol. The van der Waals surface area contributed by atoms with Crippen LogP contribution in [0.2, 0.25) is 0 Å². The van der Waals surface area contributed by atoms with Gasteiger partial charge in [-0.3, -0.25) is 4.98 Å². The van der Waals surface area contributed by atoms with E-state index in [0.717, 1.165) is 29.1 Å². The molecule has 0 amide bonds. The molecule has 8 heteroatoms. The second-order valence-corrected chi connectivity index (χ2v) is 5.88. The maximum Gasteiger partial charge on any atom is 0.200 e.